The minimum Gasteiger partial charge on any atom is -0.322 e. The van der Waals surface area contributed by atoms with Crippen molar-refractivity contribution in [1.82, 2.24) is 15.1 Å². The van der Waals surface area contributed by atoms with Gasteiger partial charge in [0.15, 0.2) is 0 Å². The molecule has 1 aromatic heterocycles. The molecule has 0 aliphatic carbocycles. The van der Waals surface area contributed by atoms with Crippen molar-refractivity contribution in [2.75, 3.05) is 11.9 Å². The molecule has 0 saturated carbocycles. The summed E-state index contributed by atoms with van der Waals surface area (Å²) in [4.78, 5) is 12.1. The zero-order valence-electron chi connectivity index (χ0n) is 11.6. The summed E-state index contributed by atoms with van der Waals surface area (Å²) in [6.45, 7) is 3.68. The summed E-state index contributed by atoms with van der Waals surface area (Å²) < 4.78 is 1.61. The number of carbonyl (C=O) groups excluding carboxylic acids is 1. The summed E-state index contributed by atoms with van der Waals surface area (Å²) in [5.74, 6) is -0.142. The van der Waals surface area contributed by atoms with E-state index in [1.54, 1.807) is 24.1 Å². The molecular weight excluding hydrogens is 276 g/mol. The lowest BCUT2D eigenvalue weighted by molar-refractivity contribution is 0.102. The van der Waals surface area contributed by atoms with Crippen LogP contribution < -0.4 is 10.6 Å². The summed E-state index contributed by atoms with van der Waals surface area (Å²) in [5.41, 5.74) is 2.46. The van der Waals surface area contributed by atoms with Crippen LogP contribution in [0, 0.1) is 0 Å². The Morgan fingerprint density at radius 1 is 1.35 bits per heavy atom. The van der Waals surface area contributed by atoms with E-state index in [2.05, 4.69) is 22.7 Å². The molecule has 108 valence electrons. The van der Waals surface area contributed by atoms with Crippen molar-refractivity contribution in [3.8, 4) is 0 Å². The number of benzene rings is 1. The van der Waals surface area contributed by atoms with E-state index in [0.717, 1.165) is 24.3 Å². The van der Waals surface area contributed by atoms with E-state index in [1.807, 2.05) is 24.3 Å². The van der Waals surface area contributed by atoms with Crippen LogP contribution in [0.4, 0.5) is 5.69 Å². The highest BCUT2D eigenvalue weighted by atomic mass is 35.5. The molecule has 0 saturated heterocycles. The molecule has 2 aromatic rings. The second kappa shape index (κ2) is 7.67. The summed E-state index contributed by atoms with van der Waals surface area (Å²) in [6.07, 6.45) is 3.25. The van der Waals surface area contributed by atoms with Crippen LogP contribution in [-0.4, -0.2) is 22.2 Å². The average molecular weight is 295 g/mol. The minimum absolute atomic E-state index is 0. The van der Waals surface area contributed by atoms with Gasteiger partial charge in [-0.1, -0.05) is 25.1 Å². The lowest BCUT2D eigenvalue weighted by atomic mass is 10.1. The number of aryl methyl sites for hydroxylation is 1. The minimum atomic E-state index is -0.142. The van der Waals surface area contributed by atoms with E-state index in [9.17, 15) is 4.79 Å². The smallest absolute Gasteiger partial charge is 0.258 e. The average Bonchev–Trinajstić information content (AvgIpc) is 2.84. The zero-order chi connectivity index (χ0) is 13.7. The van der Waals surface area contributed by atoms with Crippen LogP contribution >= 0.6 is 12.4 Å². The van der Waals surface area contributed by atoms with Gasteiger partial charge >= 0.3 is 0 Å². The van der Waals surface area contributed by atoms with Gasteiger partial charge in [0.1, 0.15) is 0 Å². The highest BCUT2D eigenvalue weighted by Gasteiger charge is 2.10. The molecule has 6 heteroatoms. The first-order valence-electron chi connectivity index (χ1n) is 6.29. The third-order valence-corrected chi connectivity index (χ3v) is 2.80. The molecule has 0 bridgehead atoms. The molecular formula is C14H19ClN4O. The molecule has 0 atom stereocenters. The van der Waals surface area contributed by atoms with Gasteiger partial charge in [0, 0.05) is 25.5 Å². The maximum absolute atomic E-state index is 12.1. The number of nitrogens with one attached hydrogen (secondary N) is 2. The van der Waals surface area contributed by atoms with Crippen LogP contribution in [0.1, 0.15) is 22.8 Å². The van der Waals surface area contributed by atoms with Gasteiger partial charge in [0.25, 0.3) is 5.91 Å². The molecule has 0 aliphatic heterocycles. The number of hydrogen-bond donors (Lipinski definition) is 2. The van der Waals surface area contributed by atoms with E-state index in [-0.39, 0.29) is 18.3 Å². The Hall–Kier alpha value is -1.85. The van der Waals surface area contributed by atoms with Crippen LogP contribution in [0.25, 0.3) is 0 Å². The Kier molecular flexibility index (Phi) is 6.21. The highest BCUT2D eigenvalue weighted by molar-refractivity contribution is 6.04. The molecule has 1 aromatic carbocycles. The van der Waals surface area contributed by atoms with E-state index in [4.69, 9.17) is 0 Å². The van der Waals surface area contributed by atoms with Crippen molar-refractivity contribution >= 4 is 24.0 Å². The van der Waals surface area contributed by atoms with Gasteiger partial charge in [0.05, 0.1) is 11.8 Å². The van der Waals surface area contributed by atoms with Gasteiger partial charge in [-0.25, -0.2) is 0 Å². The molecule has 1 amide bonds. The molecule has 20 heavy (non-hydrogen) atoms. The molecule has 0 unspecified atom stereocenters. The molecule has 1 heterocycles. The SMILES string of the molecule is CCNCc1ccccc1NC(=O)c1cnn(C)c1.Cl. The van der Waals surface area contributed by atoms with Gasteiger partial charge in [-0.05, 0) is 18.2 Å². The number of anilines is 1. The van der Waals surface area contributed by atoms with E-state index < -0.39 is 0 Å². The molecule has 2 N–H and O–H groups in total. The molecule has 2 rings (SSSR count). The predicted molar refractivity (Wildman–Crippen MR) is 82.2 cm³/mol. The number of carbonyl (C=O) groups is 1. The summed E-state index contributed by atoms with van der Waals surface area (Å²) in [5, 5.41) is 10.2. The third kappa shape index (κ3) is 4.08. The van der Waals surface area contributed by atoms with Crippen LogP contribution in [0.5, 0.6) is 0 Å². The Balaban J connectivity index is 0.00000200. The normalized spacial score (nSPS) is 9.90. The molecule has 0 spiro atoms. The van der Waals surface area contributed by atoms with Gasteiger partial charge in [-0.15, -0.1) is 12.4 Å². The Bertz CT molecular complexity index is 568. The quantitative estimate of drug-likeness (QED) is 0.889. The number of hydrogen-bond acceptors (Lipinski definition) is 3. The van der Waals surface area contributed by atoms with Gasteiger partial charge in [-0.3, -0.25) is 9.48 Å². The van der Waals surface area contributed by atoms with E-state index in [0.29, 0.717) is 5.56 Å². The zero-order valence-corrected chi connectivity index (χ0v) is 12.4. The van der Waals surface area contributed by atoms with E-state index >= 15 is 0 Å². The number of amides is 1. The second-order valence-corrected chi connectivity index (χ2v) is 4.29. The van der Waals surface area contributed by atoms with Crippen LogP contribution in [0.15, 0.2) is 36.7 Å². The number of para-hydroxylation sites is 1. The van der Waals surface area contributed by atoms with Gasteiger partial charge in [0.2, 0.25) is 0 Å². The Morgan fingerprint density at radius 3 is 2.75 bits per heavy atom. The summed E-state index contributed by atoms with van der Waals surface area (Å²) >= 11 is 0. The lowest BCUT2D eigenvalue weighted by Gasteiger charge is -2.10. The van der Waals surface area contributed by atoms with Crippen molar-refractivity contribution in [2.45, 2.75) is 13.5 Å². The monoisotopic (exact) mass is 294 g/mol. The maximum atomic E-state index is 12.1. The van der Waals surface area contributed by atoms with Crippen molar-refractivity contribution in [1.29, 1.82) is 0 Å². The van der Waals surface area contributed by atoms with Gasteiger partial charge < -0.3 is 10.6 Å². The number of nitrogens with zero attached hydrogens (tertiary/aromatic N) is 2. The largest absolute Gasteiger partial charge is 0.322 e. The van der Waals surface area contributed by atoms with Crippen molar-refractivity contribution in [3.63, 3.8) is 0 Å². The predicted octanol–water partition coefficient (Wildman–Crippen LogP) is 2.20. The summed E-state index contributed by atoms with van der Waals surface area (Å²) in [6, 6.07) is 7.78. The first-order chi connectivity index (χ1) is 9.20. The third-order valence-electron chi connectivity index (χ3n) is 2.80. The Labute approximate surface area is 124 Å². The van der Waals surface area contributed by atoms with E-state index in [1.165, 1.54) is 0 Å². The highest BCUT2D eigenvalue weighted by Crippen LogP contribution is 2.15. The second-order valence-electron chi connectivity index (χ2n) is 4.29. The Morgan fingerprint density at radius 2 is 2.10 bits per heavy atom. The van der Waals surface area contributed by atoms with Crippen LogP contribution in [-0.2, 0) is 13.6 Å². The van der Waals surface area contributed by atoms with Crippen molar-refractivity contribution < 1.29 is 4.79 Å². The first-order valence-corrected chi connectivity index (χ1v) is 6.29. The number of halogens is 1. The molecule has 5 nitrogen and oxygen atoms in total. The fourth-order valence-corrected chi connectivity index (χ4v) is 1.79. The number of aromatic nitrogens is 2. The molecule has 0 aliphatic rings. The maximum Gasteiger partial charge on any atom is 0.258 e. The molecule has 0 radical (unpaired) electrons. The fourth-order valence-electron chi connectivity index (χ4n) is 1.79. The van der Waals surface area contributed by atoms with Crippen LogP contribution in [0.2, 0.25) is 0 Å². The van der Waals surface area contributed by atoms with Crippen LogP contribution in [0.3, 0.4) is 0 Å². The first kappa shape index (κ1) is 16.2. The van der Waals surface area contributed by atoms with Crippen molar-refractivity contribution in [3.05, 3.63) is 47.8 Å². The topological polar surface area (TPSA) is 58.9 Å². The summed E-state index contributed by atoms with van der Waals surface area (Å²) in [7, 11) is 1.79. The lowest BCUT2D eigenvalue weighted by Crippen LogP contribution is -2.16. The number of rotatable bonds is 5. The van der Waals surface area contributed by atoms with Crippen molar-refractivity contribution in [2.24, 2.45) is 7.05 Å². The standard InChI is InChI=1S/C14H18N4O.ClH/c1-3-15-8-11-6-4-5-7-13(11)17-14(19)12-9-16-18(2)10-12;/h4-7,9-10,15H,3,8H2,1-2H3,(H,17,19);1H. The fraction of sp³-hybridized carbons (Fsp3) is 0.286. The molecule has 0 fully saturated rings. The van der Waals surface area contributed by atoms with Gasteiger partial charge in [-0.2, -0.15) is 5.10 Å².